The Morgan fingerprint density at radius 2 is 2.00 bits per heavy atom. The molecule has 2 rings (SSSR count). The maximum absolute atomic E-state index is 11.6. The van der Waals surface area contributed by atoms with Gasteiger partial charge in [-0.15, -0.1) is 0 Å². The second kappa shape index (κ2) is 7.59. The monoisotopic (exact) mass is 297 g/mol. The van der Waals surface area contributed by atoms with Crippen LogP contribution < -0.4 is 0 Å². The van der Waals surface area contributed by atoms with Gasteiger partial charge in [-0.25, -0.2) is 0 Å². The summed E-state index contributed by atoms with van der Waals surface area (Å²) in [7, 11) is 0. The molecule has 0 aliphatic carbocycles. The lowest BCUT2D eigenvalue weighted by atomic mass is 9.74. The van der Waals surface area contributed by atoms with Crippen molar-refractivity contribution in [1.29, 1.82) is 0 Å². The standard InChI is InChI=1S/C17H31NO3/c1-3-5-15-13-14(6-12-21-15)18-10-8-17(7-4-2,9-11-18)16(19)20/h14-15H,3-13H2,1-2H3,(H,19,20). The first kappa shape index (κ1) is 16.8. The molecule has 0 spiro atoms. The molecule has 0 bridgehead atoms. The van der Waals surface area contributed by atoms with Crippen LogP contribution in [-0.2, 0) is 9.53 Å². The first-order valence-electron chi connectivity index (χ1n) is 8.70. The summed E-state index contributed by atoms with van der Waals surface area (Å²) in [5.41, 5.74) is -0.459. The van der Waals surface area contributed by atoms with E-state index in [-0.39, 0.29) is 0 Å². The van der Waals surface area contributed by atoms with Crippen molar-refractivity contribution in [2.45, 2.75) is 77.4 Å². The summed E-state index contributed by atoms with van der Waals surface area (Å²) in [6.45, 7) is 7.04. The molecule has 1 N–H and O–H groups in total. The van der Waals surface area contributed by atoms with Gasteiger partial charge in [-0.2, -0.15) is 0 Å². The highest BCUT2D eigenvalue weighted by molar-refractivity contribution is 5.74. The lowest BCUT2D eigenvalue weighted by molar-refractivity contribution is -0.153. The largest absolute Gasteiger partial charge is 0.481 e. The van der Waals surface area contributed by atoms with Gasteiger partial charge in [0.2, 0.25) is 0 Å². The number of ether oxygens (including phenoxy) is 1. The van der Waals surface area contributed by atoms with Crippen molar-refractivity contribution >= 4 is 5.97 Å². The van der Waals surface area contributed by atoms with Crippen molar-refractivity contribution in [3.05, 3.63) is 0 Å². The van der Waals surface area contributed by atoms with E-state index < -0.39 is 11.4 Å². The minimum Gasteiger partial charge on any atom is -0.481 e. The fourth-order valence-electron chi connectivity index (χ4n) is 4.08. The van der Waals surface area contributed by atoms with E-state index in [1.807, 2.05) is 0 Å². The zero-order valence-electron chi connectivity index (χ0n) is 13.6. The van der Waals surface area contributed by atoms with E-state index in [4.69, 9.17) is 4.74 Å². The second-order valence-electron chi connectivity index (χ2n) is 6.83. The Morgan fingerprint density at radius 3 is 2.57 bits per heavy atom. The van der Waals surface area contributed by atoms with Gasteiger partial charge in [-0.3, -0.25) is 4.79 Å². The molecular weight excluding hydrogens is 266 g/mol. The van der Waals surface area contributed by atoms with Crippen molar-refractivity contribution < 1.29 is 14.6 Å². The highest BCUT2D eigenvalue weighted by atomic mass is 16.5. The summed E-state index contributed by atoms with van der Waals surface area (Å²) < 4.78 is 5.84. The van der Waals surface area contributed by atoms with Crippen LogP contribution in [0.25, 0.3) is 0 Å². The maximum atomic E-state index is 11.6. The molecule has 0 aromatic rings. The molecule has 0 aromatic carbocycles. The molecule has 0 radical (unpaired) electrons. The second-order valence-corrected chi connectivity index (χ2v) is 6.83. The number of nitrogens with zero attached hydrogens (tertiary/aromatic N) is 1. The van der Waals surface area contributed by atoms with E-state index >= 15 is 0 Å². The van der Waals surface area contributed by atoms with Crippen LogP contribution in [-0.4, -0.2) is 47.8 Å². The summed E-state index contributed by atoms with van der Waals surface area (Å²) >= 11 is 0. The normalized spacial score (nSPS) is 30.2. The summed E-state index contributed by atoms with van der Waals surface area (Å²) in [5, 5.41) is 9.59. The third-order valence-electron chi connectivity index (χ3n) is 5.40. The van der Waals surface area contributed by atoms with Gasteiger partial charge in [0.15, 0.2) is 0 Å². The minimum atomic E-state index is -0.583. The van der Waals surface area contributed by atoms with E-state index in [9.17, 15) is 9.90 Å². The molecule has 2 atom stereocenters. The third kappa shape index (κ3) is 3.98. The van der Waals surface area contributed by atoms with E-state index in [0.717, 1.165) is 64.6 Å². The van der Waals surface area contributed by atoms with Gasteiger partial charge < -0.3 is 14.7 Å². The Balaban J connectivity index is 1.89. The van der Waals surface area contributed by atoms with E-state index in [2.05, 4.69) is 18.7 Å². The average molecular weight is 297 g/mol. The summed E-state index contributed by atoms with van der Waals surface area (Å²) in [5.74, 6) is -0.583. The highest BCUT2D eigenvalue weighted by Crippen LogP contribution is 2.38. The quantitative estimate of drug-likeness (QED) is 0.817. The van der Waals surface area contributed by atoms with E-state index in [1.54, 1.807) is 0 Å². The number of aliphatic carboxylic acids is 1. The number of carboxylic acids is 1. The molecule has 2 aliphatic rings. The summed E-state index contributed by atoms with van der Waals surface area (Å²) in [6.07, 6.45) is 8.38. The van der Waals surface area contributed by atoms with Gasteiger partial charge >= 0.3 is 5.97 Å². The highest BCUT2D eigenvalue weighted by Gasteiger charge is 2.42. The molecule has 2 aliphatic heterocycles. The fourth-order valence-corrected chi connectivity index (χ4v) is 4.08. The molecule has 21 heavy (non-hydrogen) atoms. The molecular formula is C17H31NO3. The number of rotatable bonds is 6. The molecule has 122 valence electrons. The predicted octanol–water partition coefficient (Wildman–Crippen LogP) is 3.30. The molecule has 4 nitrogen and oxygen atoms in total. The molecule has 2 unspecified atom stereocenters. The number of likely N-dealkylation sites (tertiary alicyclic amines) is 1. The molecule has 2 saturated heterocycles. The van der Waals surface area contributed by atoms with Crippen molar-refractivity contribution in [2.75, 3.05) is 19.7 Å². The van der Waals surface area contributed by atoms with Crippen LogP contribution in [0.15, 0.2) is 0 Å². The lowest BCUT2D eigenvalue weighted by Crippen LogP contribution is -2.50. The molecule has 2 fully saturated rings. The Labute approximate surface area is 128 Å². The van der Waals surface area contributed by atoms with Gasteiger partial charge in [0, 0.05) is 12.6 Å². The van der Waals surface area contributed by atoms with Gasteiger partial charge in [0.25, 0.3) is 0 Å². The Kier molecular flexibility index (Phi) is 6.06. The van der Waals surface area contributed by atoms with E-state index in [0.29, 0.717) is 12.1 Å². The minimum absolute atomic E-state index is 0.413. The van der Waals surface area contributed by atoms with Crippen molar-refractivity contribution in [3.63, 3.8) is 0 Å². The predicted molar refractivity (Wildman–Crippen MR) is 83.5 cm³/mol. The van der Waals surface area contributed by atoms with Crippen LogP contribution in [0.5, 0.6) is 0 Å². The zero-order valence-corrected chi connectivity index (χ0v) is 13.6. The Morgan fingerprint density at radius 1 is 1.29 bits per heavy atom. The Hall–Kier alpha value is -0.610. The number of carbonyl (C=O) groups is 1. The lowest BCUT2D eigenvalue weighted by Gasteiger charge is -2.44. The Bertz CT molecular complexity index is 335. The van der Waals surface area contributed by atoms with Gasteiger partial charge in [0.05, 0.1) is 11.5 Å². The van der Waals surface area contributed by atoms with Gasteiger partial charge in [0.1, 0.15) is 0 Å². The van der Waals surface area contributed by atoms with Crippen LogP contribution in [0.3, 0.4) is 0 Å². The topological polar surface area (TPSA) is 49.8 Å². The van der Waals surface area contributed by atoms with Crippen LogP contribution in [0.2, 0.25) is 0 Å². The summed E-state index contributed by atoms with van der Waals surface area (Å²) in [4.78, 5) is 14.2. The molecule has 0 amide bonds. The van der Waals surface area contributed by atoms with Crippen LogP contribution in [0, 0.1) is 5.41 Å². The number of hydrogen-bond donors (Lipinski definition) is 1. The van der Waals surface area contributed by atoms with Crippen LogP contribution in [0.4, 0.5) is 0 Å². The van der Waals surface area contributed by atoms with Crippen molar-refractivity contribution in [1.82, 2.24) is 4.90 Å². The average Bonchev–Trinajstić information content (AvgIpc) is 2.49. The molecule has 0 saturated carbocycles. The van der Waals surface area contributed by atoms with Gasteiger partial charge in [-0.1, -0.05) is 26.7 Å². The molecule has 2 heterocycles. The van der Waals surface area contributed by atoms with Gasteiger partial charge in [-0.05, 0) is 51.6 Å². The van der Waals surface area contributed by atoms with Crippen LogP contribution >= 0.6 is 0 Å². The molecule has 0 aromatic heterocycles. The first-order valence-corrected chi connectivity index (χ1v) is 8.70. The third-order valence-corrected chi connectivity index (χ3v) is 5.40. The summed E-state index contributed by atoms with van der Waals surface area (Å²) in [6, 6.07) is 0.601. The van der Waals surface area contributed by atoms with E-state index in [1.165, 1.54) is 6.42 Å². The number of piperidine rings is 1. The fraction of sp³-hybridized carbons (Fsp3) is 0.941. The van der Waals surface area contributed by atoms with Crippen molar-refractivity contribution in [2.24, 2.45) is 5.41 Å². The molecule has 4 heteroatoms. The number of hydrogen-bond acceptors (Lipinski definition) is 3. The number of carboxylic acid groups (broad SMARTS) is 1. The first-order chi connectivity index (χ1) is 10.1. The SMILES string of the molecule is CCCC1CC(N2CCC(CCC)(C(=O)O)CC2)CCO1. The van der Waals surface area contributed by atoms with Crippen LogP contribution in [0.1, 0.15) is 65.2 Å². The zero-order chi connectivity index (χ0) is 15.3. The van der Waals surface area contributed by atoms with Crippen molar-refractivity contribution in [3.8, 4) is 0 Å². The smallest absolute Gasteiger partial charge is 0.309 e. The maximum Gasteiger partial charge on any atom is 0.309 e.